The maximum absolute atomic E-state index is 6.57. The molecule has 7 aromatic carbocycles. The number of fused-ring (bicyclic) bond motifs is 8. The third-order valence-electron chi connectivity index (χ3n) is 10.1. The minimum Gasteiger partial charge on any atom is -0.457 e. The van der Waals surface area contributed by atoms with Gasteiger partial charge in [-0.1, -0.05) is 146 Å². The molecule has 0 saturated heterocycles. The standard InChI is InChI=1S/C47H31N3O/c1-3-16-32(17-4-1)40-31-41(33-18-5-2-6-19-33)49-46(48-40)34-20-15-21-35(30-34)50-42-26-11-7-22-36(42)47(37-23-8-12-27-43(37)50)38-24-9-13-28-44(38)51-45-29-14-10-25-39(45)47/h1-31H. The molecule has 2 aliphatic heterocycles. The molecule has 0 atom stereocenters. The first-order valence-corrected chi connectivity index (χ1v) is 17.3. The van der Waals surface area contributed by atoms with E-state index in [0.717, 1.165) is 67.8 Å². The monoisotopic (exact) mass is 653 g/mol. The lowest BCUT2D eigenvalue weighted by molar-refractivity contribution is 0.434. The Bertz CT molecular complexity index is 2430. The summed E-state index contributed by atoms with van der Waals surface area (Å²) in [6.45, 7) is 0. The van der Waals surface area contributed by atoms with Crippen LogP contribution < -0.4 is 9.64 Å². The number of anilines is 3. The molecule has 0 saturated carbocycles. The van der Waals surface area contributed by atoms with Crippen molar-refractivity contribution in [3.63, 3.8) is 0 Å². The molecule has 240 valence electrons. The SMILES string of the molecule is c1ccc(-c2cc(-c3ccccc3)nc(-c3cccc(N4c5ccccc5C5(c6ccccc6Oc6ccccc65)c5ccccc54)c3)n2)cc1. The summed E-state index contributed by atoms with van der Waals surface area (Å²) >= 11 is 0. The van der Waals surface area contributed by atoms with Gasteiger partial charge in [0.05, 0.1) is 28.2 Å². The summed E-state index contributed by atoms with van der Waals surface area (Å²) in [5.74, 6) is 2.43. The number of aromatic nitrogens is 2. The van der Waals surface area contributed by atoms with Gasteiger partial charge in [-0.05, 0) is 53.6 Å². The summed E-state index contributed by atoms with van der Waals surface area (Å²) in [5.41, 5.74) is 12.2. The molecular weight excluding hydrogens is 623 g/mol. The molecule has 8 aromatic rings. The molecule has 10 rings (SSSR count). The molecule has 0 fully saturated rings. The lowest BCUT2D eigenvalue weighted by Gasteiger charge is -2.48. The van der Waals surface area contributed by atoms with Gasteiger partial charge < -0.3 is 9.64 Å². The van der Waals surface area contributed by atoms with Crippen molar-refractivity contribution < 1.29 is 4.74 Å². The largest absolute Gasteiger partial charge is 0.457 e. The van der Waals surface area contributed by atoms with Crippen LogP contribution in [0.4, 0.5) is 17.1 Å². The average molecular weight is 654 g/mol. The van der Waals surface area contributed by atoms with Crippen molar-refractivity contribution in [1.82, 2.24) is 9.97 Å². The highest BCUT2D eigenvalue weighted by atomic mass is 16.5. The van der Waals surface area contributed by atoms with Crippen molar-refractivity contribution in [1.29, 1.82) is 0 Å². The van der Waals surface area contributed by atoms with Gasteiger partial charge in [0.15, 0.2) is 5.82 Å². The second-order valence-electron chi connectivity index (χ2n) is 13.0. The van der Waals surface area contributed by atoms with Crippen molar-refractivity contribution in [2.45, 2.75) is 5.41 Å². The summed E-state index contributed by atoms with van der Waals surface area (Å²) < 4.78 is 6.57. The Labute approximate surface area is 296 Å². The molecule has 0 N–H and O–H groups in total. The number of para-hydroxylation sites is 4. The van der Waals surface area contributed by atoms with Crippen molar-refractivity contribution in [3.8, 4) is 45.4 Å². The van der Waals surface area contributed by atoms with Gasteiger partial charge in [0.1, 0.15) is 11.5 Å². The van der Waals surface area contributed by atoms with Crippen molar-refractivity contribution in [2.75, 3.05) is 4.90 Å². The minimum absolute atomic E-state index is 0.579. The molecule has 0 radical (unpaired) electrons. The van der Waals surface area contributed by atoms with E-state index in [1.165, 1.54) is 11.1 Å². The van der Waals surface area contributed by atoms with Gasteiger partial charge in [0.2, 0.25) is 0 Å². The maximum Gasteiger partial charge on any atom is 0.160 e. The van der Waals surface area contributed by atoms with Gasteiger partial charge >= 0.3 is 0 Å². The summed E-state index contributed by atoms with van der Waals surface area (Å²) in [6, 6.07) is 65.9. The number of ether oxygens (including phenoxy) is 1. The number of rotatable bonds is 4. The van der Waals surface area contributed by atoms with Crippen molar-refractivity contribution >= 4 is 17.1 Å². The van der Waals surface area contributed by atoms with Crippen LogP contribution in [0.3, 0.4) is 0 Å². The van der Waals surface area contributed by atoms with Crippen LogP contribution in [0.25, 0.3) is 33.9 Å². The van der Waals surface area contributed by atoms with Gasteiger partial charge in [-0.25, -0.2) is 9.97 Å². The highest BCUT2D eigenvalue weighted by Gasteiger charge is 2.50. The number of hydrogen-bond acceptors (Lipinski definition) is 4. The van der Waals surface area contributed by atoms with Crippen LogP contribution in [0.15, 0.2) is 188 Å². The molecule has 1 spiro atoms. The molecule has 0 bridgehead atoms. The van der Waals surface area contributed by atoms with Gasteiger partial charge in [-0.15, -0.1) is 0 Å². The summed E-state index contributed by atoms with van der Waals surface area (Å²) in [6.07, 6.45) is 0. The molecule has 51 heavy (non-hydrogen) atoms. The lowest BCUT2D eigenvalue weighted by atomic mass is 9.61. The van der Waals surface area contributed by atoms with Crippen molar-refractivity contribution in [3.05, 3.63) is 210 Å². The van der Waals surface area contributed by atoms with Gasteiger partial charge in [0, 0.05) is 33.5 Å². The average Bonchev–Trinajstić information content (AvgIpc) is 3.21. The van der Waals surface area contributed by atoms with Gasteiger partial charge in [-0.2, -0.15) is 0 Å². The zero-order valence-corrected chi connectivity index (χ0v) is 27.6. The molecular formula is C47H31N3O. The Kier molecular flexibility index (Phi) is 6.68. The van der Waals surface area contributed by atoms with E-state index in [4.69, 9.17) is 14.7 Å². The highest BCUT2D eigenvalue weighted by molar-refractivity contribution is 5.91. The Morgan fingerprint density at radius 3 is 1.39 bits per heavy atom. The second kappa shape index (κ2) is 11.7. The van der Waals surface area contributed by atoms with Crippen LogP contribution in [0.5, 0.6) is 11.5 Å². The maximum atomic E-state index is 6.57. The molecule has 2 aliphatic rings. The summed E-state index contributed by atoms with van der Waals surface area (Å²) in [4.78, 5) is 12.7. The molecule has 4 nitrogen and oxygen atoms in total. The van der Waals surface area contributed by atoms with Crippen LogP contribution in [0.1, 0.15) is 22.3 Å². The van der Waals surface area contributed by atoms with Crippen LogP contribution in [0.2, 0.25) is 0 Å². The Balaban J connectivity index is 1.19. The minimum atomic E-state index is -0.579. The third-order valence-corrected chi connectivity index (χ3v) is 10.1. The number of hydrogen-bond donors (Lipinski definition) is 0. The van der Waals surface area contributed by atoms with Gasteiger partial charge in [0.25, 0.3) is 0 Å². The second-order valence-corrected chi connectivity index (χ2v) is 13.0. The van der Waals surface area contributed by atoms with E-state index >= 15 is 0 Å². The normalized spacial score (nSPS) is 13.4. The van der Waals surface area contributed by atoms with E-state index in [-0.39, 0.29) is 0 Å². The predicted molar refractivity (Wildman–Crippen MR) is 205 cm³/mol. The van der Waals surface area contributed by atoms with E-state index in [1.54, 1.807) is 0 Å². The molecule has 3 heterocycles. The Morgan fingerprint density at radius 1 is 0.392 bits per heavy atom. The fourth-order valence-electron chi connectivity index (χ4n) is 7.97. The van der Waals surface area contributed by atoms with Crippen LogP contribution >= 0.6 is 0 Å². The zero-order valence-electron chi connectivity index (χ0n) is 27.6. The van der Waals surface area contributed by atoms with E-state index in [0.29, 0.717) is 5.82 Å². The lowest BCUT2D eigenvalue weighted by Crippen LogP contribution is -2.39. The van der Waals surface area contributed by atoms with E-state index < -0.39 is 5.41 Å². The first-order valence-electron chi connectivity index (χ1n) is 17.3. The molecule has 1 aromatic heterocycles. The smallest absolute Gasteiger partial charge is 0.160 e. The molecule has 0 aliphatic carbocycles. The molecule has 0 amide bonds. The zero-order chi connectivity index (χ0) is 33.8. The van der Waals surface area contributed by atoms with E-state index in [1.807, 2.05) is 36.4 Å². The topological polar surface area (TPSA) is 38.2 Å². The van der Waals surface area contributed by atoms with Crippen LogP contribution in [-0.4, -0.2) is 9.97 Å². The third kappa shape index (κ3) is 4.54. The van der Waals surface area contributed by atoms with E-state index in [9.17, 15) is 0 Å². The quantitative estimate of drug-likeness (QED) is 0.189. The number of nitrogens with zero attached hydrogens (tertiary/aromatic N) is 3. The van der Waals surface area contributed by atoms with Crippen LogP contribution in [-0.2, 0) is 5.41 Å². The van der Waals surface area contributed by atoms with Crippen molar-refractivity contribution in [2.24, 2.45) is 0 Å². The molecule has 0 unspecified atom stereocenters. The fourth-order valence-corrected chi connectivity index (χ4v) is 7.97. The van der Waals surface area contributed by atoms with Crippen LogP contribution in [0, 0.1) is 0 Å². The summed E-state index contributed by atoms with van der Waals surface area (Å²) in [5, 5.41) is 0. The first-order chi connectivity index (χ1) is 25.3. The van der Waals surface area contributed by atoms with Gasteiger partial charge in [-0.3, -0.25) is 0 Å². The summed E-state index contributed by atoms with van der Waals surface area (Å²) in [7, 11) is 0. The highest BCUT2D eigenvalue weighted by Crippen LogP contribution is 2.62. The number of benzene rings is 7. The first kappa shape index (κ1) is 29.2. The Morgan fingerprint density at radius 2 is 0.843 bits per heavy atom. The molecule has 4 heteroatoms. The van der Waals surface area contributed by atoms with E-state index in [2.05, 4.69) is 157 Å². The fraction of sp³-hybridized carbons (Fsp3) is 0.0213. The Hall–Kier alpha value is -6.78. The predicted octanol–water partition coefficient (Wildman–Crippen LogP) is 11.7.